The van der Waals surface area contributed by atoms with Crippen molar-refractivity contribution in [2.45, 2.75) is 23.4 Å². The first-order valence-electron chi connectivity index (χ1n) is 7.73. The van der Waals surface area contributed by atoms with E-state index in [2.05, 4.69) is 9.97 Å². The number of aromatic nitrogens is 2. The highest BCUT2D eigenvalue weighted by Gasteiger charge is 2.36. The van der Waals surface area contributed by atoms with Gasteiger partial charge in [0.15, 0.2) is 0 Å². The van der Waals surface area contributed by atoms with Gasteiger partial charge in [-0.15, -0.1) is 0 Å². The molecular weight excluding hydrogens is 355 g/mol. The zero-order valence-corrected chi connectivity index (χ0v) is 14.2. The predicted octanol–water partition coefficient (Wildman–Crippen LogP) is 2.99. The summed E-state index contributed by atoms with van der Waals surface area (Å²) in [6.07, 6.45) is -4.64. The molecule has 1 saturated heterocycles. The van der Waals surface area contributed by atoms with Gasteiger partial charge in [0.05, 0.1) is 24.0 Å². The third-order valence-corrected chi connectivity index (χ3v) is 4.87. The molecule has 1 aromatic heterocycles. The molecule has 1 atom stereocenters. The van der Waals surface area contributed by atoms with E-state index in [4.69, 9.17) is 4.74 Å². The second kappa shape index (κ2) is 7.17. The molecule has 9 heteroatoms. The quantitative estimate of drug-likeness (QED) is 0.613. The van der Waals surface area contributed by atoms with Crippen LogP contribution in [0.4, 0.5) is 13.2 Å². The van der Waals surface area contributed by atoms with Crippen LogP contribution in [0.1, 0.15) is 12.7 Å². The van der Waals surface area contributed by atoms with Crippen molar-refractivity contribution in [1.29, 1.82) is 0 Å². The molecule has 3 rings (SSSR count). The van der Waals surface area contributed by atoms with Crippen LogP contribution < -0.4 is 0 Å². The van der Waals surface area contributed by atoms with Crippen LogP contribution in [0.2, 0.25) is 0 Å². The maximum Gasteiger partial charge on any atom is 0.451 e. The topological polar surface area (TPSA) is 55.3 Å². The lowest BCUT2D eigenvalue weighted by Gasteiger charge is -2.29. The van der Waals surface area contributed by atoms with E-state index in [1.807, 2.05) is 0 Å². The summed E-state index contributed by atoms with van der Waals surface area (Å²) in [5.74, 6) is -1.33. The SMILES string of the molecule is CC(Sc1nc(C(F)(F)F)nc2ccccc12)C(=O)N1CCOCC1. The number of halogens is 3. The number of carbonyl (C=O) groups excluding carboxylic acids is 1. The van der Waals surface area contributed by atoms with Gasteiger partial charge >= 0.3 is 6.18 Å². The van der Waals surface area contributed by atoms with Crippen LogP contribution in [0, 0.1) is 0 Å². The van der Waals surface area contributed by atoms with Crippen molar-refractivity contribution >= 4 is 28.6 Å². The van der Waals surface area contributed by atoms with Crippen molar-refractivity contribution in [3.05, 3.63) is 30.1 Å². The third kappa shape index (κ3) is 4.04. The first kappa shape index (κ1) is 17.9. The molecular formula is C16H16F3N3O2S. The van der Waals surface area contributed by atoms with E-state index in [1.165, 1.54) is 6.07 Å². The number of amides is 1. The Kier molecular flexibility index (Phi) is 5.14. The maximum atomic E-state index is 13.1. The summed E-state index contributed by atoms with van der Waals surface area (Å²) in [5.41, 5.74) is 0.207. The number of thioether (sulfide) groups is 1. The third-order valence-electron chi connectivity index (χ3n) is 3.78. The highest BCUT2D eigenvalue weighted by atomic mass is 32.2. The summed E-state index contributed by atoms with van der Waals surface area (Å²) in [4.78, 5) is 21.4. The van der Waals surface area contributed by atoms with E-state index in [0.717, 1.165) is 11.8 Å². The van der Waals surface area contributed by atoms with E-state index >= 15 is 0 Å². The summed E-state index contributed by atoms with van der Waals surface area (Å²) >= 11 is 1.02. The number of para-hydroxylation sites is 1. The average Bonchev–Trinajstić information content (AvgIpc) is 2.61. The van der Waals surface area contributed by atoms with Crippen LogP contribution in [0.5, 0.6) is 0 Å². The Morgan fingerprint density at radius 2 is 1.92 bits per heavy atom. The molecule has 2 heterocycles. The average molecular weight is 371 g/mol. The largest absolute Gasteiger partial charge is 0.451 e. The number of benzene rings is 1. The predicted molar refractivity (Wildman–Crippen MR) is 87.3 cm³/mol. The molecule has 0 aliphatic carbocycles. The van der Waals surface area contributed by atoms with Gasteiger partial charge in [0, 0.05) is 18.5 Å². The lowest BCUT2D eigenvalue weighted by Crippen LogP contribution is -2.44. The second-order valence-corrected chi connectivity index (χ2v) is 6.89. The zero-order valence-electron chi connectivity index (χ0n) is 13.4. The Morgan fingerprint density at radius 3 is 2.60 bits per heavy atom. The fourth-order valence-electron chi connectivity index (χ4n) is 2.52. The summed E-state index contributed by atoms with van der Waals surface area (Å²) < 4.78 is 44.4. The Hall–Kier alpha value is -1.87. The lowest BCUT2D eigenvalue weighted by molar-refractivity contribution is -0.145. The van der Waals surface area contributed by atoms with Gasteiger partial charge in [-0.2, -0.15) is 13.2 Å². The van der Waals surface area contributed by atoms with E-state index in [-0.39, 0.29) is 16.4 Å². The van der Waals surface area contributed by atoms with Gasteiger partial charge in [-0.1, -0.05) is 30.0 Å². The van der Waals surface area contributed by atoms with Crippen LogP contribution >= 0.6 is 11.8 Å². The second-order valence-electron chi connectivity index (χ2n) is 5.57. The highest BCUT2D eigenvalue weighted by Crippen LogP contribution is 2.34. The minimum Gasteiger partial charge on any atom is -0.378 e. The highest BCUT2D eigenvalue weighted by molar-refractivity contribution is 8.00. The summed E-state index contributed by atoms with van der Waals surface area (Å²) in [6.45, 7) is 3.59. The van der Waals surface area contributed by atoms with E-state index in [9.17, 15) is 18.0 Å². The summed E-state index contributed by atoms with van der Waals surface area (Å²) in [5, 5.41) is 0.103. The van der Waals surface area contributed by atoms with Gasteiger partial charge in [0.25, 0.3) is 0 Å². The Bertz CT molecular complexity index is 779. The van der Waals surface area contributed by atoms with Gasteiger partial charge in [0.2, 0.25) is 11.7 Å². The molecule has 25 heavy (non-hydrogen) atoms. The van der Waals surface area contributed by atoms with Gasteiger partial charge in [-0.25, -0.2) is 9.97 Å². The standard InChI is InChI=1S/C16H16F3N3O2S/c1-10(14(23)22-6-8-24-9-7-22)25-13-11-4-2-3-5-12(11)20-15(21-13)16(17,18)19/h2-5,10H,6-9H2,1H3. The number of ether oxygens (including phenoxy) is 1. The number of rotatable bonds is 3. The molecule has 1 unspecified atom stereocenters. The fraction of sp³-hybridized carbons (Fsp3) is 0.438. The van der Waals surface area contributed by atoms with Crippen LogP contribution in [-0.2, 0) is 15.7 Å². The summed E-state index contributed by atoms with van der Waals surface area (Å²) in [6, 6.07) is 6.48. The molecule has 0 spiro atoms. The van der Waals surface area contributed by atoms with E-state index < -0.39 is 17.3 Å². The van der Waals surface area contributed by atoms with Crippen molar-refractivity contribution in [2.24, 2.45) is 0 Å². The Morgan fingerprint density at radius 1 is 1.24 bits per heavy atom. The van der Waals surface area contributed by atoms with Crippen molar-refractivity contribution in [3.8, 4) is 0 Å². The molecule has 1 amide bonds. The number of alkyl halides is 3. The minimum atomic E-state index is -4.64. The number of nitrogens with zero attached hydrogens (tertiary/aromatic N) is 3. The molecule has 1 fully saturated rings. The molecule has 1 aliphatic heterocycles. The Labute approximate surface area is 146 Å². The van der Waals surface area contributed by atoms with Crippen LogP contribution in [0.3, 0.4) is 0 Å². The molecule has 0 radical (unpaired) electrons. The van der Waals surface area contributed by atoms with E-state index in [1.54, 1.807) is 30.0 Å². The normalized spacial score (nSPS) is 16.9. The molecule has 134 valence electrons. The summed E-state index contributed by atoms with van der Waals surface area (Å²) in [7, 11) is 0. The molecule has 2 aromatic rings. The van der Waals surface area contributed by atoms with Gasteiger partial charge in [-0.3, -0.25) is 4.79 Å². The molecule has 0 saturated carbocycles. The number of fused-ring (bicyclic) bond motifs is 1. The monoisotopic (exact) mass is 371 g/mol. The van der Waals surface area contributed by atoms with Gasteiger partial charge in [-0.05, 0) is 13.0 Å². The Balaban J connectivity index is 1.90. The first-order chi connectivity index (χ1) is 11.9. The fourth-order valence-corrected chi connectivity index (χ4v) is 3.55. The van der Waals surface area contributed by atoms with Crippen LogP contribution in [0.25, 0.3) is 10.9 Å². The number of hydrogen-bond donors (Lipinski definition) is 0. The molecule has 0 bridgehead atoms. The molecule has 1 aromatic carbocycles. The molecule has 5 nitrogen and oxygen atoms in total. The van der Waals surface area contributed by atoms with Gasteiger partial charge < -0.3 is 9.64 Å². The first-order valence-corrected chi connectivity index (χ1v) is 8.61. The van der Waals surface area contributed by atoms with Crippen molar-refractivity contribution in [1.82, 2.24) is 14.9 Å². The zero-order chi connectivity index (χ0) is 18.0. The molecule has 0 N–H and O–H groups in total. The lowest BCUT2D eigenvalue weighted by atomic mass is 10.2. The van der Waals surface area contributed by atoms with Crippen molar-refractivity contribution in [2.75, 3.05) is 26.3 Å². The number of carbonyl (C=O) groups is 1. The molecule has 1 aliphatic rings. The van der Waals surface area contributed by atoms with Gasteiger partial charge in [0.1, 0.15) is 5.03 Å². The smallest absolute Gasteiger partial charge is 0.378 e. The number of morpholine rings is 1. The number of hydrogen-bond acceptors (Lipinski definition) is 5. The van der Waals surface area contributed by atoms with Crippen molar-refractivity contribution < 1.29 is 22.7 Å². The van der Waals surface area contributed by atoms with Crippen LogP contribution in [0.15, 0.2) is 29.3 Å². The van der Waals surface area contributed by atoms with Crippen molar-refractivity contribution in [3.63, 3.8) is 0 Å². The maximum absolute atomic E-state index is 13.1. The minimum absolute atomic E-state index is 0.135. The van der Waals surface area contributed by atoms with E-state index in [0.29, 0.717) is 31.7 Å². The van der Waals surface area contributed by atoms with Crippen LogP contribution in [-0.4, -0.2) is 52.3 Å².